The van der Waals surface area contributed by atoms with E-state index in [1.165, 1.54) is 4.90 Å². The molecule has 2 saturated heterocycles. The van der Waals surface area contributed by atoms with Crippen LogP contribution in [0.3, 0.4) is 0 Å². The number of imide groups is 1. The second-order valence-corrected chi connectivity index (χ2v) is 8.94. The number of nitrogens with zero attached hydrogens (tertiary/aromatic N) is 2. The second kappa shape index (κ2) is 10.0. The molecule has 0 aliphatic carbocycles. The van der Waals surface area contributed by atoms with Gasteiger partial charge in [-0.3, -0.25) is 14.4 Å². The third-order valence-electron chi connectivity index (χ3n) is 6.55. The first-order chi connectivity index (χ1) is 17.5. The molecule has 2 amide bonds. The molecule has 0 N–H and O–H groups in total. The lowest BCUT2D eigenvalue weighted by Crippen LogP contribution is -2.37. The van der Waals surface area contributed by atoms with Gasteiger partial charge in [-0.1, -0.05) is 49.4 Å². The zero-order valence-corrected chi connectivity index (χ0v) is 20.7. The van der Waals surface area contributed by atoms with E-state index in [4.69, 9.17) is 14.3 Å². The van der Waals surface area contributed by atoms with Crippen LogP contribution in [0.25, 0.3) is 0 Å². The molecule has 7 heteroatoms. The highest BCUT2D eigenvalue weighted by Crippen LogP contribution is 2.49. The smallest absolute Gasteiger partial charge is 0.266 e. The number of benzene rings is 3. The van der Waals surface area contributed by atoms with Gasteiger partial charge in [0.25, 0.3) is 5.91 Å². The van der Waals surface area contributed by atoms with E-state index in [9.17, 15) is 9.59 Å². The molecular weight excluding hydrogens is 456 g/mol. The average Bonchev–Trinajstić information content (AvgIpc) is 3.40. The molecule has 3 atom stereocenters. The monoisotopic (exact) mass is 486 g/mol. The largest absolute Gasteiger partial charge is 0.490 e. The van der Waals surface area contributed by atoms with Crippen LogP contribution < -0.4 is 19.4 Å². The topological polar surface area (TPSA) is 68.3 Å². The fraction of sp³-hybridized carbons (Fsp3) is 0.310. The minimum absolute atomic E-state index is 0.271. The molecule has 3 aromatic carbocycles. The lowest BCUT2D eigenvalue weighted by Gasteiger charge is -2.29. The van der Waals surface area contributed by atoms with Gasteiger partial charge in [-0.05, 0) is 61.7 Å². The van der Waals surface area contributed by atoms with Crippen LogP contribution in [-0.4, -0.2) is 31.1 Å². The Hall–Kier alpha value is -3.84. The summed E-state index contributed by atoms with van der Waals surface area (Å²) in [6.07, 6.45) is -0.0467. The Bertz CT molecular complexity index is 1260. The van der Waals surface area contributed by atoms with Crippen LogP contribution in [0.2, 0.25) is 0 Å². The summed E-state index contributed by atoms with van der Waals surface area (Å²) in [5.74, 6) is -0.0798. The number of carbonyl (C=O) groups excluding carboxylic acids is 2. The Kier molecular flexibility index (Phi) is 6.65. The van der Waals surface area contributed by atoms with Crippen molar-refractivity contribution in [2.75, 3.05) is 23.2 Å². The molecule has 36 heavy (non-hydrogen) atoms. The molecule has 5 rings (SSSR count). The predicted octanol–water partition coefficient (Wildman–Crippen LogP) is 5.23. The third kappa shape index (κ3) is 4.09. The second-order valence-electron chi connectivity index (χ2n) is 8.94. The number of hydrogen-bond acceptors (Lipinski definition) is 6. The van der Waals surface area contributed by atoms with Crippen LogP contribution in [-0.2, 0) is 14.4 Å². The summed E-state index contributed by atoms with van der Waals surface area (Å²) < 4.78 is 11.8. The lowest BCUT2D eigenvalue weighted by molar-refractivity contribution is -0.126. The quantitative estimate of drug-likeness (QED) is 0.406. The molecule has 0 spiro atoms. The average molecular weight is 487 g/mol. The van der Waals surface area contributed by atoms with Gasteiger partial charge in [0.2, 0.25) is 5.91 Å². The van der Waals surface area contributed by atoms with E-state index in [0.717, 1.165) is 23.2 Å². The minimum Gasteiger partial charge on any atom is -0.490 e. The number of hydrogen-bond donors (Lipinski definition) is 0. The normalized spacial score (nSPS) is 21.1. The van der Waals surface area contributed by atoms with Crippen molar-refractivity contribution in [3.05, 3.63) is 83.9 Å². The van der Waals surface area contributed by atoms with Crippen LogP contribution in [0.1, 0.15) is 37.4 Å². The Balaban J connectivity index is 1.59. The number of para-hydroxylation sites is 2. The number of anilines is 2. The van der Waals surface area contributed by atoms with Gasteiger partial charge in [-0.15, -0.1) is 0 Å². The summed E-state index contributed by atoms with van der Waals surface area (Å²) >= 11 is 0. The van der Waals surface area contributed by atoms with Crippen molar-refractivity contribution in [3.8, 4) is 11.5 Å². The van der Waals surface area contributed by atoms with E-state index in [1.807, 2.05) is 87.5 Å². The van der Waals surface area contributed by atoms with E-state index in [0.29, 0.717) is 30.4 Å². The van der Waals surface area contributed by atoms with Crippen LogP contribution in [0, 0.1) is 12.8 Å². The fourth-order valence-electron chi connectivity index (χ4n) is 4.91. The molecule has 2 fully saturated rings. The first kappa shape index (κ1) is 23.9. The van der Waals surface area contributed by atoms with Gasteiger partial charge < -0.3 is 9.47 Å². The molecule has 0 unspecified atom stereocenters. The minimum atomic E-state index is -0.922. The van der Waals surface area contributed by atoms with Crippen molar-refractivity contribution in [1.29, 1.82) is 0 Å². The number of aryl methyl sites for hydroxylation is 1. The summed E-state index contributed by atoms with van der Waals surface area (Å²) in [5, 5.41) is 1.69. The summed E-state index contributed by atoms with van der Waals surface area (Å²) in [6.45, 7) is 6.90. The van der Waals surface area contributed by atoms with Gasteiger partial charge in [0.1, 0.15) is 5.92 Å². The van der Waals surface area contributed by atoms with Crippen molar-refractivity contribution >= 4 is 23.2 Å². The summed E-state index contributed by atoms with van der Waals surface area (Å²) in [5.41, 5.74) is 3.02. The van der Waals surface area contributed by atoms with E-state index in [-0.39, 0.29) is 11.8 Å². The molecule has 0 radical (unpaired) electrons. The molecule has 2 aliphatic heterocycles. The van der Waals surface area contributed by atoms with E-state index in [2.05, 4.69) is 0 Å². The highest BCUT2D eigenvalue weighted by molar-refractivity contribution is 6.24. The Morgan fingerprint density at radius 2 is 1.61 bits per heavy atom. The highest BCUT2D eigenvalue weighted by atomic mass is 16.7. The molecular formula is C29H30N2O5. The summed E-state index contributed by atoms with van der Waals surface area (Å²) in [7, 11) is 0. The predicted molar refractivity (Wildman–Crippen MR) is 137 cm³/mol. The fourth-order valence-corrected chi connectivity index (χ4v) is 4.91. The zero-order valence-electron chi connectivity index (χ0n) is 20.7. The van der Waals surface area contributed by atoms with Crippen LogP contribution >= 0.6 is 0 Å². The van der Waals surface area contributed by atoms with E-state index < -0.39 is 18.1 Å². The Labute approximate surface area is 211 Å². The number of rotatable bonds is 8. The molecule has 186 valence electrons. The maximum absolute atomic E-state index is 13.9. The summed E-state index contributed by atoms with van der Waals surface area (Å²) in [4.78, 5) is 35.0. The number of ether oxygens (including phenoxy) is 2. The third-order valence-corrected chi connectivity index (χ3v) is 6.55. The van der Waals surface area contributed by atoms with Gasteiger partial charge in [-0.25, -0.2) is 9.96 Å². The van der Waals surface area contributed by atoms with E-state index in [1.54, 1.807) is 11.1 Å². The van der Waals surface area contributed by atoms with Crippen molar-refractivity contribution in [2.45, 2.75) is 39.3 Å². The first-order valence-corrected chi connectivity index (χ1v) is 12.4. The zero-order chi connectivity index (χ0) is 25.2. The van der Waals surface area contributed by atoms with Gasteiger partial charge >= 0.3 is 0 Å². The van der Waals surface area contributed by atoms with Crippen LogP contribution in [0.15, 0.2) is 72.8 Å². The molecule has 0 bridgehead atoms. The van der Waals surface area contributed by atoms with Crippen molar-refractivity contribution in [1.82, 2.24) is 0 Å². The number of hydroxylamine groups is 1. The Morgan fingerprint density at radius 3 is 2.33 bits per heavy atom. The lowest BCUT2D eigenvalue weighted by atomic mass is 9.90. The molecule has 0 saturated carbocycles. The maximum Gasteiger partial charge on any atom is 0.266 e. The molecule has 3 aromatic rings. The van der Waals surface area contributed by atoms with Crippen molar-refractivity contribution < 1.29 is 23.9 Å². The van der Waals surface area contributed by atoms with E-state index >= 15 is 0 Å². The van der Waals surface area contributed by atoms with Gasteiger partial charge in [0, 0.05) is 0 Å². The van der Waals surface area contributed by atoms with Gasteiger partial charge in [0.15, 0.2) is 17.6 Å². The number of fused-ring (bicyclic) bond motifs is 1. The van der Waals surface area contributed by atoms with Crippen LogP contribution in [0.5, 0.6) is 11.5 Å². The summed E-state index contributed by atoms with van der Waals surface area (Å²) in [6, 6.07) is 22.1. The molecule has 7 nitrogen and oxygen atoms in total. The molecule has 2 heterocycles. The Morgan fingerprint density at radius 1 is 0.861 bits per heavy atom. The van der Waals surface area contributed by atoms with Crippen molar-refractivity contribution in [3.63, 3.8) is 0 Å². The van der Waals surface area contributed by atoms with Gasteiger partial charge in [0.05, 0.1) is 30.6 Å². The molecule has 0 aromatic heterocycles. The SMILES string of the molecule is CCCOc1ccc([C@H]2[C@@H]3C(=O)N(c4ccccc4C)C(=O)[C@H]3ON2c2ccccc2)cc1OCC. The maximum atomic E-state index is 13.9. The first-order valence-electron chi connectivity index (χ1n) is 12.4. The van der Waals surface area contributed by atoms with Gasteiger partial charge in [-0.2, -0.15) is 0 Å². The highest BCUT2D eigenvalue weighted by Gasteiger charge is 2.60. The number of amides is 2. The number of carbonyl (C=O) groups is 2. The van der Waals surface area contributed by atoms with Crippen LogP contribution in [0.4, 0.5) is 11.4 Å². The molecule has 2 aliphatic rings. The standard InChI is InChI=1S/C29H30N2O5/c1-4-17-35-23-16-15-20(18-24(23)34-5-2)26-25-27(36-31(26)21-12-7-6-8-13-21)29(33)30(28(25)32)22-14-10-9-11-19(22)3/h6-16,18,25-27H,4-5,17H2,1-3H3/t25-,26-,27-/m0/s1. The van der Waals surface area contributed by atoms with Crippen molar-refractivity contribution in [2.24, 2.45) is 5.92 Å².